The molecule has 1 N–H and O–H groups in total. The summed E-state index contributed by atoms with van der Waals surface area (Å²) in [5.41, 5.74) is 0.624. The summed E-state index contributed by atoms with van der Waals surface area (Å²) < 4.78 is 23.0. The van der Waals surface area contributed by atoms with Crippen LogP contribution in [0.2, 0.25) is 0 Å². The number of carbonyl (C=O) groups excluding carboxylic acids is 2. The van der Waals surface area contributed by atoms with Crippen LogP contribution in [0.3, 0.4) is 0 Å². The molecular formula is C17H16FNO5. The predicted octanol–water partition coefficient (Wildman–Crippen LogP) is 2.33. The number of esters is 2. The Bertz CT molecular complexity index is 779. The standard InChI is InChI=1S/C17H16FNO5/c1-10-8-12(18)14(20)9-13(10)19-7-5-4-6-11(16(21)23-2)15(19)17(22)24-3/h4-9,20H,1-3H3. The van der Waals surface area contributed by atoms with Crippen molar-refractivity contribution in [2.45, 2.75) is 6.92 Å². The predicted molar refractivity (Wildman–Crippen MR) is 84.6 cm³/mol. The molecule has 0 saturated carbocycles. The van der Waals surface area contributed by atoms with Crippen molar-refractivity contribution in [3.63, 3.8) is 0 Å². The van der Waals surface area contributed by atoms with Crippen molar-refractivity contribution in [3.8, 4) is 5.75 Å². The first-order chi connectivity index (χ1) is 11.4. The number of methoxy groups -OCH3 is 2. The Morgan fingerprint density at radius 3 is 2.42 bits per heavy atom. The van der Waals surface area contributed by atoms with Gasteiger partial charge >= 0.3 is 11.9 Å². The van der Waals surface area contributed by atoms with Gasteiger partial charge in [0, 0.05) is 12.3 Å². The fourth-order valence-electron chi connectivity index (χ4n) is 2.26. The van der Waals surface area contributed by atoms with Gasteiger partial charge in [0.05, 0.1) is 25.5 Å². The molecule has 0 saturated heterocycles. The minimum atomic E-state index is -0.787. The number of allylic oxidation sites excluding steroid dienone is 2. The van der Waals surface area contributed by atoms with E-state index in [1.54, 1.807) is 19.1 Å². The third-order valence-electron chi connectivity index (χ3n) is 3.41. The number of aryl methyl sites for hydroxylation is 1. The number of carbonyl (C=O) groups is 2. The summed E-state index contributed by atoms with van der Waals surface area (Å²) in [4.78, 5) is 25.6. The zero-order valence-corrected chi connectivity index (χ0v) is 13.4. The highest BCUT2D eigenvalue weighted by Crippen LogP contribution is 2.33. The van der Waals surface area contributed by atoms with Crippen molar-refractivity contribution in [2.24, 2.45) is 0 Å². The van der Waals surface area contributed by atoms with E-state index < -0.39 is 23.5 Å². The zero-order chi connectivity index (χ0) is 17.9. The fraction of sp³-hybridized carbons (Fsp3) is 0.176. The quantitative estimate of drug-likeness (QED) is 0.856. The highest BCUT2D eigenvalue weighted by Gasteiger charge is 2.28. The molecule has 0 fully saturated rings. The van der Waals surface area contributed by atoms with E-state index in [0.717, 1.165) is 12.1 Å². The van der Waals surface area contributed by atoms with E-state index in [-0.39, 0.29) is 11.3 Å². The minimum Gasteiger partial charge on any atom is -0.505 e. The molecule has 126 valence electrons. The van der Waals surface area contributed by atoms with Gasteiger partial charge in [-0.1, -0.05) is 6.08 Å². The van der Waals surface area contributed by atoms with Gasteiger partial charge in [-0.15, -0.1) is 0 Å². The van der Waals surface area contributed by atoms with Crippen molar-refractivity contribution in [1.82, 2.24) is 0 Å². The van der Waals surface area contributed by atoms with Crippen LogP contribution in [0.4, 0.5) is 10.1 Å². The molecule has 0 radical (unpaired) electrons. The van der Waals surface area contributed by atoms with Crippen molar-refractivity contribution in [2.75, 3.05) is 19.1 Å². The third kappa shape index (κ3) is 3.15. The summed E-state index contributed by atoms with van der Waals surface area (Å²) in [6.45, 7) is 1.61. The summed E-state index contributed by atoms with van der Waals surface area (Å²) in [6.07, 6.45) is 6.04. The molecule has 0 aliphatic carbocycles. The summed E-state index contributed by atoms with van der Waals surface area (Å²) in [6, 6.07) is 2.29. The molecule has 0 aromatic heterocycles. The second kappa shape index (κ2) is 6.99. The smallest absolute Gasteiger partial charge is 0.355 e. The number of aromatic hydroxyl groups is 1. The Morgan fingerprint density at radius 2 is 1.79 bits per heavy atom. The van der Waals surface area contributed by atoms with Gasteiger partial charge in [0.25, 0.3) is 0 Å². The SMILES string of the molecule is COC(=O)C1=C(C(=O)OC)N(c2cc(O)c(F)cc2C)C=CC=C1. The summed E-state index contributed by atoms with van der Waals surface area (Å²) in [7, 11) is 2.37. The van der Waals surface area contributed by atoms with Crippen LogP contribution >= 0.6 is 0 Å². The molecule has 24 heavy (non-hydrogen) atoms. The van der Waals surface area contributed by atoms with E-state index in [9.17, 15) is 19.1 Å². The van der Waals surface area contributed by atoms with E-state index in [0.29, 0.717) is 11.3 Å². The lowest BCUT2D eigenvalue weighted by Crippen LogP contribution is -2.27. The first-order valence-electron chi connectivity index (χ1n) is 6.94. The number of hydrogen-bond acceptors (Lipinski definition) is 6. The lowest BCUT2D eigenvalue weighted by molar-refractivity contribution is -0.139. The first-order valence-corrected chi connectivity index (χ1v) is 6.94. The fourth-order valence-corrected chi connectivity index (χ4v) is 2.26. The number of halogens is 1. The Morgan fingerprint density at radius 1 is 1.12 bits per heavy atom. The Labute approximate surface area is 138 Å². The van der Waals surface area contributed by atoms with Gasteiger partial charge in [-0.05, 0) is 30.7 Å². The van der Waals surface area contributed by atoms with Crippen LogP contribution < -0.4 is 4.90 Å². The Kier molecular flexibility index (Phi) is 5.03. The monoisotopic (exact) mass is 333 g/mol. The average molecular weight is 333 g/mol. The van der Waals surface area contributed by atoms with Crippen LogP contribution in [0.25, 0.3) is 0 Å². The first kappa shape index (κ1) is 17.3. The lowest BCUT2D eigenvalue weighted by atomic mass is 10.1. The van der Waals surface area contributed by atoms with Crippen molar-refractivity contribution < 1.29 is 28.6 Å². The number of phenols is 1. The maximum Gasteiger partial charge on any atom is 0.355 e. The molecule has 0 bridgehead atoms. The molecule has 0 amide bonds. The molecule has 1 aliphatic rings. The molecule has 0 spiro atoms. The summed E-state index contributed by atoms with van der Waals surface area (Å²) >= 11 is 0. The van der Waals surface area contributed by atoms with Crippen LogP contribution in [0.5, 0.6) is 5.75 Å². The van der Waals surface area contributed by atoms with Crippen molar-refractivity contribution >= 4 is 17.6 Å². The highest BCUT2D eigenvalue weighted by atomic mass is 19.1. The average Bonchev–Trinajstić information content (AvgIpc) is 2.79. The van der Waals surface area contributed by atoms with Crippen LogP contribution in [0.1, 0.15) is 5.56 Å². The molecule has 1 aromatic carbocycles. The van der Waals surface area contributed by atoms with Gasteiger partial charge in [-0.2, -0.15) is 0 Å². The molecule has 0 unspecified atom stereocenters. The third-order valence-corrected chi connectivity index (χ3v) is 3.41. The second-order valence-electron chi connectivity index (χ2n) is 4.91. The molecule has 1 heterocycles. The Balaban J connectivity index is 2.72. The Hall–Kier alpha value is -3.09. The number of phenolic OH excluding ortho intramolecular Hbond substituents is 1. The molecular weight excluding hydrogens is 317 g/mol. The highest BCUT2D eigenvalue weighted by molar-refractivity contribution is 6.05. The van der Waals surface area contributed by atoms with Gasteiger partial charge < -0.3 is 19.5 Å². The number of rotatable bonds is 3. The minimum absolute atomic E-state index is 0.0300. The lowest BCUT2D eigenvalue weighted by Gasteiger charge is -2.24. The topological polar surface area (TPSA) is 76.1 Å². The van der Waals surface area contributed by atoms with Crippen molar-refractivity contribution in [1.29, 1.82) is 0 Å². The largest absolute Gasteiger partial charge is 0.505 e. The van der Waals surface area contributed by atoms with E-state index in [4.69, 9.17) is 9.47 Å². The van der Waals surface area contributed by atoms with Crippen LogP contribution in [0.15, 0.2) is 47.8 Å². The maximum atomic E-state index is 13.5. The summed E-state index contributed by atoms with van der Waals surface area (Å²) in [5.74, 6) is -2.88. The zero-order valence-electron chi connectivity index (χ0n) is 13.4. The van der Waals surface area contributed by atoms with Gasteiger partial charge in [0.15, 0.2) is 11.6 Å². The van der Waals surface area contributed by atoms with Crippen molar-refractivity contribution in [3.05, 3.63) is 59.2 Å². The molecule has 6 nitrogen and oxygen atoms in total. The molecule has 0 atom stereocenters. The van der Waals surface area contributed by atoms with Gasteiger partial charge in [-0.25, -0.2) is 14.0 Å². The van der Waals surface area contributed by atoms with Gasteiger partial charge in [0.1, 0.15) is 5.70 Å². The molecule has 2 rings (SSSR count). The summed E-state index contributed by atoms with van der Waals surface area (Å²) in [5, 5.41) is 9.66. The number of ether oxygens (including phenoxy) is 2. The van der Waals surface area contributed by atoms with E-state index in [1.165, 1.54) is 31.4 Å². The second-order valence-corrected chi connectivity index (χ2v) is 4.91. The number of hydrogen-bond donors (Lipinski definition) is 1. The molecule has 1 aromatic rings. The van der Waals surface area contributed by atoms with Gasteiger partial charge in [-0.3, -0.25) is 0 Å². The molecule has 1 aliphatic heterocycles. The van der Waals surface area contributed by atoms with Crippen LogP contribution in [0, 0.1) is 12.7 Å². The van der Waals surface area contributed by atoms with E-state index in [2.05, 4.69) is 0 Å². The maximum absolute atomic E-state index is 13.5. The van der Waals surface area contributed by atoms with Crippen LogP contribution in [-0.2, 0) is 19.1 Å². The van der Waals surface area contributed by atoms with E-state index in [1.807, 2.05) is 0 Å². The number of nitrogens with zero attached hydrogens (tertiary/aromatic N) is 1. The normalized spacial score (nSPS) is 13.8. The van der Waals surface area contributed by atoms with Gasteiger partial charge in [0.2, 0.25) is 0 Å². The number of benzene rings is 1. The van der Waals surface area contributed by atoms with E-state index >= 15 is 0 Å². The molecule has 7 heteroatoms. The number of anilines is 1. The van der Waals surface area contributed by atoms with Crippen LogP contribution in [-0.4, -0.2) is 31.3 Å².